The standard InChI is InChI=1S/C16H26ClN3O/c1-14(13-21-2)18-6-7-19-8-10-20(11-9-19)16-5-3-4-15(17)12-16/h3-5,12,14,18H,6-11,13H2,1-2H3. The second-order valence-electron chi connectivity index (χ2n) is 5.62. The van der Waals surface area contributed by atoms with Crippen molar-refractivity contribution in [3.63, 3.8) is 0 Å². The molecule has 1 fully saturated rings. The molecule has 0 spiro atoms. The summed E-state index contributed by atoms with van der Waals surface area (Å²) in [6.45, 7) is 9.36. The van der Waals surface area contributed by atoms with Crippen LogP contribution < -0.4 is 10.2 Å². The highest BCUT2D eigenvalue weighted by Crippen LogP contribution is 2.20. The van der Waals surface area contributed by atoms with E-state index in [0.29, 0.717) is 6.04 Å². The maximum atomic E-state index is 6.06. The van der Waals surface area contributed by atoms with Gasteiger partial charge in [-0.2, -0.15) is 0 Å². The Kier molecular flexibility index (Phi) is 6.77. The minimum absolute atomic E-state index is 0.419. The number of ether oxygens (including phenoxy) is 1. The Morgan fingerprint density at radius 3 is 2.71 bits per heavy atom. The third-order valence-corrected chi connectivity index (χ3v) is 4.12. The van der Waals surface area contributed by atoms with Crippen LogP contribution in [0.1, 0.15) is 6.92 Å². The zero-order valence-corrected chi connectivity index (χ0v) is 13.8. The monoisotopic (exact) mass is 311 g/mol. The molecule has 1 saturated heterocycles. The summed E-state index contributed by atoms with van der Waals surface area (Å²) in [6.07, 6.45) is 0. The van der Waals surface area contributed by atoms with Crippen molar-refractivity contribution in [2.45, 2.75) is 13.0 Å². The first-order valence-electron chi connectivity index (χ1n) is 7.64. The first kappa shape index (κ1) is 16.6. The van der Waals surface area contributed by atoms with E-state index in [1.165, 1.54) is 5.69 Å². The van der Waals surface area contributed by atoms with Crippen LogP contribution >= 0.6 is 11.6 Å². The zero-order valence-electron chi connectivity index (χ0n) is 13.0. The molecule has 1 atom stereocenters. The van der Waals surface area contributed by atoms with Crippen LogP contribution in [0.5, 0.6) is 0 Å². The van der Waals surface area contributed by atoms with Gasteiger partial charge >= 0.3 is 0 Å². The summed E-state index contributed by atoms with van der Waals surface area (Å²) in [4.78, 5) is 4.91. The lowest BCUT2D eigenvalue weighted by Gasteiger charge is -2.36. The van der Waals surface area contributed by atoms with E-state index in [2.05, 4.69) is 28.1 Å². The smallest absolute Gasteiger partial charge is 0.0613 e. The van der Waals surface area contributed by atoms with E-state index < -0.39 is 0 Å². The Labute approximate surface area is 133 Å². The van der Waals surface area contributed by atoms with E-state index in [1.54, 1.807) is 7.11 Å². The Morgan fingerprint density at radius 2 is 2.05 bits per heavy atom. The normalized spacial score (nSPS) is 18.0. The minimum Gasteiger partial charge on any atom is -0.383 e. The van der Waals surface area contributed by atoms with Gasteiger partial charge in [0.25, 0.3) is 0 Å². The van der Waals surface area contributed by atoms with Gasteiger partial charge in [0.2, 0.25) is 0 Å². The van der Waals surface area contributed by atoms with Gasteiger partial charge < -0.3 is 15.0 Å². The Balaban J connectivity index is 1.69. The number of benzene rings is 1. The number of halogens is 1. The molecule has 0 bridgehead atoms. The Morgan fingerprint density at radius 1 is 1.29 bits per heavy atom. The van der Waals surface area contributed by atoms with Gasteiger partial charge in [0.05, 0.1) is 6.61 Å². The molecule has 1 aromatic carbocycles. The van der Waals surface area contributed by atoms with E-state index in [9.17, 15) is 0 Å². The molecule has 1 N–H and O–H groups in total. The van der Waals surface area contributed by atoms with Gasteiger partial charge in [-0.3, -0.25) is 4.90 Å². The third-order valence-electron chi connectivity index (χ3n) is 3.88. The minimum atomic E-state index is 0.419. The van der Waals surface area contributed by atoms with Gasteiger partial charge in [-0.05, 0) is 25.1 Å². The van der Waals surface area contributed by atoms with Crippen LogP contribution in [0.3, 0.4) is 0 Å². The molecule has 0 aromatic heterocycles. The predicted molar refractivity (Wildman–Crippen MR) is 89.4 cm³/mol. The molecule has 21 heavy (non-hydrogen) atoms. The average molecular weight is 312 g/mol. The van der Waals surface area contributed by atoms with Crippen molar-refractivity contribution < 1.29 is 4.74 Å². The highest BCUT2D eigenvalue weighted by Gasteiger charge is 2.17. The lowest BCUT2D eigenvalue weighted by molar-refractivity contribution is 0.168. The van der Waals surface area contributed by atoms with E-state index in [1.807, 2.05) is 18.2 Å². The predicted octanol–water partition coefficient (Wildman–Crippen LogP) is 2.09. The maximum Gasteiger partial charge on any atom is 0.0613 e. The molecule has 2 rings (SSSR count). The Bertz CT molecular complexity index is 422. The SMILES string of the molecule is COCC(C)NCCN1CCN(c2cccc(Cl)c2)CC1. The summed E-state index contributed by atoms with van der Waals surface area (Å²) in [6, 6.07) is 8.54. The molecule has 0 radical (unpaired) electrons. The summed E-state index contributed by atoms with van der Waals surface area (Å²) in [5.74, 6) is 0. The molecule has 0 aliphatic carbocycles. The number of anilines is 1. The molecule has 0 saturated carbocycles. The molecule has 1 aromatic rings. The maximum absolute atomic E-state index is 6.06. The fourth-order valence-electron chi connectivity index (χ4n) is 2.68. The molecule has 1 heterocycles. The number of nitrogens with one attached hydrogen (secondary N) is 1. The van der Waals surface area contributed by atoms with Gasteiger partial charge in [0.15, 0.2) is 0 Å². The van der Waals surface area contributed by atoms with Crippen LogP contribution in [0.4, 0.5) is 5.69 Å². The number of piperazine rings is 1. The van der Waals surface area contributed by atoms with E-state index >= 15 is 0 Å². The van der Waals surface area contributed by atoms with Crippen molar-refractivity contribution in [1.82, 2.24) is 10.2 Å². The van der Waals surface area contributed by atoms with Crippen molar-refractivity contribution in [3.05, 3.63) is 29.3 Å². The average Bonchev–Trinajstić information content (AvgIpc) is 2.48. The van der Waals surface area contributed by atoms with Crippen molar-refractivity contribution in [2.75, 3.05) is 57.9 Å². The summed E-state index contributed by atoms with van der Waals surface area (Å²) in [5, 5.41) is 4.29. The van der Waals surface area contributed by atoms with Crippen molar-refractivity contribution in [1.29, 1.82) is 0 Å². The van der Waals surface area contributed by atoms with Crippen LogP contribution in [-0.2, 0) is 4.74 Å². The fraction of sp³-hybridized carbons (Fsp3) is 0.625. The molecule has 0 amide bonds. The number of methoxy groups -OCH3 is 1. The number of nitrogens with zero attached hydrogens (tertiary/aromatic N) is 2. The molecular weight excluding hydrogens is 286 g/mol. The van der Waals surface area contributed by atoms with Crippen LogP contribution in [0, 0.1) is 0 Å². The highest BCUT2D eigenvalue weighted by atomic mass is 35.5. The second-order valence-corrected chi connectivity index (χ2v) is 6.06. The Hall–Kier alpha value is -0.810. The lowest BCUT2D eigenvalue weighted by Crippen LogP contribution is -2.48. The summed E-state index contributed by atoms with van der Waals surface area (Å²) in [7, 11) is 1.74. The lowest BCUT2D eigenvalue weighted by atomic mass is 10.2. The molecule has 1 aliphatic heterocycles. The molecule has 1 aliphatic rings. The molecule has 118 valence electrons. The largest absolute Gasteiger partial charge is 0.383 e. The first-order valence-corrected chi connectivity index (χ1v) is 8.02. The first-order chi connectivity index (χ1) is 10.2. The summed E-state index contributed by atoms with van der Waals surface area (Å²) in [5.41, 5.74) is 1.23. The quantitative estimate of drug-likeness (QED) is 0.834. The van der Waals surface area contributed by atoms with E-state index in [0.717, 1.165) is 50.9 Å². The zero-order chi connectivity index (χ0) is 15.1. The number of rotatable bonds is 7. The molecule has 5 heteroatoms. The molecular formula is C16H26ClN3O. The van der Waals surface area contributed by atoms with Crippen LogP contribution in [-0.4, -0.2) is 63.9 Å². The van der Waals surface area contributed by atoms with Gasteiger partial charge in [-0.25, -0.2) is 0 Å². The van der Waals surface area contributed by atoms with Crippen molar-refractivity contribution in [2.24, 2.45) is 0 Å². The number of hydrogen-bond donors (Lipinski definition) is 1. The number of hydrogen-bond acceptors (Lipinski definition) is 4. The fourth-order valence-corrected chi connectivity index (χ4v) is 2.87. The summed E-state index contributed by atoms with van der Waals surface area (Å²) >= 11 is 6.06. The van der Waals surface area contributed by atoms with Gasteiger partial charge in [-0.15, -0.1) is 0 Å². The van der Waals surface area contributed by atoms with Crippen molar-refractivity contribution in [3.8, 4) is 0 Å². The van der Waals surface area contributed by atoms with Crippen LogP contribution in [0.15, 0.2) is 24.3 Å². The van der Waals surface area contributed by atoms with E-state index in [4.69, 9.17) is 16.3 Å². The van der Waals surface area contributed by atoms with Gasteiger partial charge in [-0.1, -0.05) is 17.7 Å². The third kappa shape index (κ3) is 5.47. The van der Waals surface area contributed by atoms with Crippen LogP contribution in [0.25, 0.3) is 0 Å². The van der Waals surface area contributed by atoms with E-state index in [-0.39, 0.29) is 0 Å². The highest BCUT2D eigenvalue weighted by molar-refractivity contribution is 6.30. The summed E-state index contributed by atoms with van der Waals surface area (Å²) < 4.78 is 5.13. The molecule has 4 nitrogen and oxygen atoms in total. The topological polar surface area (TPSA) is 27.7 Å². The van der Waals surface area contributed by atoms with Gasteiger partial charge in [0.1, 0.15) is 0 Å². The van der Waals surface area contributed by atoms with Gasteiger partial charge in [0, 0.05) is 63.1 Å². The molecule has 1 unspecified atom stereocenters. The van der Waals surface area contributed by atoms with Crippen molar-refractivity contribution >= 4 is 17.3 Å². The van der Waals surface area contributed by atoms with Crippen LogP contribution in [0.2, 0.25) is 5.02 Å². The second kappa shape index (κ2) is 8.59.